The van der Waals surface area contributed by atoms with Crippen molar-refractivity contribution in [2.75, 3.05) is 13.7 Å². The van der Waals surface area contributed by atoms with Crippen LogP contribution in [0.5, 0.6) is 0 Å². The highest BCUT2D eigenvalue weighted by Gasteiger charge is 2.69. The Morgan fingerprint density at radius 1 is 1.19 bits per heavy atom. The summed E-state index contributed by atoms with van der Waals surface area (Å²) < 4.78 is 27.8. The maximum atomic E-state index is 13.4. The molecule has 0 saturated carbocycles. The third-order valence-corrected chi connectivity index (χ3v) is 5.34. The largest absolute Gasteiger partial charge is 0.467 e. The molecule has 0 aromatic rings. The summed E-state index contributed by atoms with van der Waals surface area (Å²) in [5.74, 6) is -2.78. The van der Waals surface area contributed by atoms with Crippen LogP contribution in [0.4, 0.5) is 4.79 Å². The zero-order valence-corrected chi connectivity index (χ0v) is 20.0. The summed E-state index contributed by atoms with van der Waals surface area (Å²) in [4.78, 5) is 52.5. The molecular weight excluding hydrogens is 422 g/mol. The lowest BCUT2D eigenvalue weighted by atomic mass is 9.80. The highest BCUT2D eigenvalue weighted by atomic mass is 16.7. The smallest absolute Gasteiger partial charge is 0.418 e. The number of nitrogens with zero attached hydrogens (tertiary/aromatic N) is 1. The molecule has 0 bridgehead atoms. The van der Waals surface area contributed by atoms with Gasteiger partial charge in [-0.2, -0.15) is 0 Å². The molecule has 32 heavy (non-hydrogen) atoms. The van der Waals surface area contributed by atoms with Crippen molar-refractivity contribution in [2.24, 2.45) is 5.92 Å². The summed E-state index contributed by atoms with van der Waals surface area (Å²) in [6, 6.07) is 0. The Kier molecular flexibility index (Phi) is 8.27. The van der Waals surface area contributed by atoms with Crippen molar-refractivity contribution in [1.29, 1.82) is 0 Å². The molecule has 0 radical (unpaired) electrons. The maximum Gasteiger partial charge on any atom is 0.418 e. The number of methoxy groups -OCH3 is 1. The van der Waals surface area contributed by atoms with Gasteiger partial charge in [0.2, 0.25) is 11.4 Å². The highest BCUT2D eigenvalue weighted by Crippen LogP contribution is 2.43. The van der Waals surface area contributed by atoms with Crippen LogP contribution in [0.1, 0.15) is 67.2 Å². The van der Waals surface area contributed by atoms with E-state index in [0.29, 0.717) is 17.9 Å². The van der Waals surface area contributed by atoms with Crippen molar-refractivity contribution in [3.63, 3.8) is 0 Å². The van der Waals surface area contributed by atoms with E-state index in [2.05, 4.69) is 0 Å². The Bertz CT molecular complexity index is 723. The molecule has 4 atom stereocenters. The van der Waals surface area contributed by atoms with E-state index in [1.807, 2.05) is 0 Å². The number of esters is 2. The number of hydrogen-bond donors (Lipinski definition) is 0. The summed E-state index contributed by atoms with van der Waals surface area (Å²) in [5, 5.41) is 0. The zero-order valence-electron chi connectivity index (χ0n) is 20.0. The van der Waals surface area contributed by atoms with Crippen LogP contribution >= 0.6 is 0 Å². The van der Waals surface area contributed by atoms with Crippen molar-refractivity contribution in [1.82, 2.24) is 4.90 Å². The molecule has 10 heteroatoms. The number of likely N-dealkylation sites (tertiary alicyclic amines) is 1. The van der Waals surface area contributed by atoms with E-state index in [9.17, 15) is 19.2 Å². The van der Waals surface area contributed by atoms with Gasteiger partial charge in [0.25, 0.3) is 0 Å². The SMILES string of the molecule is COC(=O)[C@@]1([C@@H](OC(C)=O)C(C)C)[C@@H](OC2CCCCO2)CC(=O)N1C(=O)OC(C)(C)C. The van der Waals surface area contributed by atoms with Gasteiger partial charge in [-0.3, -0.25) is 9.59 Å². The first-order chi connectivity index (χ1) is 14.8. The Morgan fingerprint density at radius 2 is 1.84 bits per heavy atom. The number of amides is 2. The van der Waals surface area contributed by atoms with Gasteiger partial charge in [-0.05, 0) is 46.0 Å². The van der Waals surface area contributed by atoms with Crippen LogP contribution in [-0.4, -0.2) is 72.2 Å². The standard InChI is InChI=1S/C22H35NO9/c1-13(2)18(30-14(3)24)22(19(26)28-7)15(31-17-10-8-9-11-29-17)12-16(25)23(22)20(27)32-21(4,5)6/h13,15,17-18H,8-12H2,1-7H3/t15-,17?,18-,22-/m0/s1. The van der Waals surface area contributed by atoms with Crippen molar-refractivity contribution in [3.8, 4) is 0 Å². The monoisotopic (exact) mass is 457 g/mol. The third kappa shape index (κ3) is 5.40. The van der Waals surface area contributed by atoms with Crippen LogP contribution in [0.25, 0.3) is 0 Å². The van der Waals surface area contributed by atoms with E-state index in [0.717, 1.165) is 20.0 Å². The number of rotatable bonds is 6. The van der Waals surface area contributed by atoms with Gasteiger partial charge in [-0.25, -0.2) is 14.5 Å². The fourth-order valence-corrected chi connectivity index (χ4v) is 4.20. The van der Waals surface area contributed by atoms with E-state index >= 15 is 0 Å². The van der Waals surface area contributed by atoms with Crippen LogP contribution in [0.15, 0.2) is 0 Å². The predicted octanol–water partition coefficient (Wildman–Crippen LogP) is 2.57. The molecular formula is C22H35NO9. The second-order valence-corrected chi connectivity index (χ2v) is 9.43. The highest BCUT2D eigenvalue weighted by molar-refractivity contribution is 6.03. The second kappa shape index (κ2) is 10.2. The first-order valence-electron chi connectivity index (χ1n) is 10.9. The van der Waals surface area contributed by atoms with E-state index in [1.165, 1.54) is 6.92 Å². The molecule has 2 aliphatic heterocycles. The van der Waals surface area contributed by atoms with Crippen molar-refractivity contribution >= 4 is 23.9 Å². The van der Waals surface area contributed by atoms with E-state index in [-0.39, 0.29) is 6.42 Å². The Labute approximate surface area is 188 Å². The van der Waals surface area contributed by atoms with Crippen molar-refractivity contribution in [3.05, 3.63) is 0 Å². The van der Waals surface area contributed by atoms with Crippen LogP contribution < -0.4 is 0 Å². The summed E-state index contributed by atoms with van der Waals surface area (Å²) in [5.41, 5.74) is -3.02. The molecule has 0 N–H and O–H groups in total. The van der Waals surface area contributed by atoms with Crippen molar-refractivity contribution in [2.45, 2.75) is 96.9 Å². The first kappa shape index (κ1) is 26.1. The lowest BCUT2D eigenvalue weighted by Gasteiger charge is -2.44. The number of carbonyl (C=O) groups is 4. The van der Waals surface area contributed by atoms with Gasteiger partial charge in [0.15, 0.2) is 6.29 Å². The van der Waals surface area contributed by atoms with Crippen LogP contribution in [0.3, 0.4) is 0 Å². The topological polar surface area (TPSA) is 118 Å². The number of hydrogen-bond acceptors (Lipinski definition) is 9. The zero-order chi connectivity index (χ0) is 24.3. The average Bonchev–Trinajstić information content (AvgIpc) is 2.96. The molecule has 0 aliphatic carbocycles. The van der Waals surface area contributed by atoms with E-state index < -0.39 is 59.5 Å². The summed E-state index contributed by atoms with van der Waals surface area (Å²) in [6.07, 6.45) is -2.13. The first-order valence-corrected chi connectivity index (χ1v) is 10.9. The van der Waals surface area contributed by atoms with Crippen LogP contribution in [0, 0.1) is 5.92 Å². The van der Waals surface area contributed by atoms with Gasteiger partial charge in [0.05, 0.1) is 13.5 Å². The number of carbonyl (C=O) groups excluding carboxylic acids is 4. The lowest BCUT2D eigenvalue weighted by Crippen LogP contribution is -2.69. The number of imide groups is 1. The van der Waals surface area contributed by atoms with Gasteiger partial charge in [0, 0.05) is 13.5 Å². The minimum Gasteiger partial charge on any atom is -0.467 e. The molecule has 2 saturated heterocycles. The Morgan fingerprint density at radius 3 is 2.31 bits per heavy atom. The minimum atomic E-state index is -2.07. The minimum absolute atomic E-state index is 0.307. The molecule has 2 rings (SSSR count). The summed E-state index contributed by atoms with van der Waals surface area (Å²) >= 11 is 0. The molecule has 10 nitrogen and oxygen atoms in total. The second-order valence-electron chi connectivity index (χ2n) is 9.43. The van der Waals surface area contributed by atoms with Crippen LogP contribution in [0.2, 0.25) is 0 Å². The van der Waals surface area contributed by atoms with E-state index in [1.54, 1.807) is 34.6 Å². The van der Waals surface area contributed by atoms with Gasteiger partial charge in [-0.15, -0.1) is 0 Å². The molecule has 0 aromatic heterocycles. The Hall–Kier alpha value is -2.20. The van der Waals surface area contributed by atoms with Gasteiger partial charge < -0.3 is 23.7 Å². The van der Waals surface area contributed by atoms with Gasteiger partial charge in [0.1, 0.15) is 17.8 Å². The predicted molar refractivity (Wildman–Crippen MR) is 111 cm³/mol. The number of ether oxygens (including phenoxy) is 5. The summed E-state index contributed by atoms with van der Waals surface area (Å²) in [7, 11) is 1.14. The van der Waals surface area contributed by atoms with Gasteiger partial charge >= 0.3 is 18.0 Å². The van der Waals surface area contributed by atoms with E-state index in [4.69, 9.17) is 23.7 Å². The average molecular weight is 458 g/mol. The normalized spacial score (nSPS) is 27.2. The Balaban J connectivity index is 2.65. The molecule has 1 unspecified atom stereocenters. The summed E-state index contributed by atoms with van der Waals surface area (Å²) in [6.45, 7) is 10.0. The van der Waals surface area contributed by atoms with Gasteiger partial charge in [-0.1, -0.05) is 13.8 Å². The quantitative estimate of drug-likeness (QED) is 0.438. The maximum absolute atomic E-state index is 13.4. The molecule has 182 valence electrons. The molecule has 2 amide bonds. The van der Waals surface area contributed by atoms with Crippen molar-refractivity contribution < 1.29 is 42.9 Å². The molecule has 0 spiro atoms. The van der Waals surface area contributed by atoms with Crippen LogP contribution in [-0.2, 0) is 38.1 Å². The molecule has 2 aliphatic rings. The third-order valence-electron chi connectivity index (χ3n) is 5.34. The molecule has 0 aromatic carbocycles. The molecule has 2 heterocycles. The fourth-order valence-electron chi connectivity index (χ4n) is 4.20. The lowest BCUT2D eigenvalue weighted by molar-refractivity contribution is -0.225. The molecule has 2 fully saturated rings. The fraction of sp³-hybridized carbons (Fsp3) is 0.818.